The molecular weight excluding hydrogens is 300 g/mol. The van der Waals surface area contributed by atoms with Gasteiger partial charge in [0.15, 0.2) is 9.84 Å². The summed E-state index contributed by atoms with van der Waals surface area (Å²) in [5.41, 5.74) is 1.54. The zero-order valence-corrected chi connectivity index (χ0v) is 13.1. The molecule has 116 valence electrons. The lowest BCUT2D eigenvalue weighted by Crippen LogP contribution is -2.28. The summed E-state index contributed by atoms with van der Waals surface area (Å²) < 4.78 is 23.4. The molecule has 0 fully saturated rings. The van der Waals surface area contributed by atoms with Gasteiger partial charge in [-0.2, -0.15) is 0 Å². The minimum atomic E-state index is -3.19. The molecule has 5 nitrogen and oxygen atoms in total. The number of para-hydroxylation sites is 1. The van der Waals surface area contributed by atoms with Gasteiger partial charge in [0, 0.05) is 12.2 Å². The summed E-state index contributed by atoms with van der Waals surface area (Å²) >= 11 is 0. The van der Waals surface area contributed by atoms with Crippen LogP contribution in [0.2, 0.25) is 0 Å². The highest BCUT2D eigenvalue weighted by Crippen LogP contribution is 2.12. The quantitative estimate of drug-likeness (QED) is 0.890. The average molecular weight is 318 g/mol. The summed E-state index contributed by atoms with van der Waals surface area (Å²) in [7, 11) is -3.19. The molecule has 0 radical (unpaired) electrons. The zero-order chi connectivity index (χ0) is 16.0. The lowest BCUT2D eigenvalue weighted by molar-refractivity contribution is 0.251. The molecule has 0 aliphatic carbocycles. The summed E-state index contributed by atoms with van der Waals surface area (Å²) in [5, 5.41) is 5.43. The number of carbonyl (C=O) groups is 1. The van der Waals surface area contributed by atoms with Crippen molar-refractivity contribution in [2.45, 2.75) is 18.4 Å². The van der Waals surface area contributed by atoms with E-state index in [1.54, 1.807) is 43.3 Å². The van der Waals surface area contributed by atoms with E-state index in [-0.39, 0.29) is 11.8 Å². The Kier molecular flexibility index (Phi) is 5.16. The van der Waals surface area contributed by atoms with Gasteiger partial charge in [-0.05, 0) is 29.8 Å². The van der Waals surface area contributed by atoms with Crippen LogP contribution in [0.3, 0.4) is 0 Å². The Balaban J connectivity index is 1.91. The number of benzene rings is 2. The number of nitrogens with one attached hydrogen (secondary N) is 2. The molecule has 2 aromatic carbocycles. The normalized spacial score (nSPS) is 11.0. The molecule has 22 heavy (non-hydrogen) atoms. The maximum absolute atomic E-state index is 11.7. The van der Waals surface area contributed by atoms with Gasteiger partial charge in [-0.3, -0.25) is 0 Å². The monoisotopic (exact) mass is 318 g/mol. The van der Waals surface area contributed by atoms with Crippen molar-refractivity contribution in [2.24, 2.45) is 0 Å². The number of anilines is 1. The Labute approximate surface area is 130 Å². The third kappa shape index (κ3) is 4.33. The first kappa shape index (κ1) is 16.0. The molecule has 0 unspecified atom stereocenters. The van der Waals surface area contributed by atoms with Crippen molar-refractivity contribution in [3.63, 3.8) is 0 Å². The summed E-state index contributed by atoms with van der Waals surface area (Å²) in [6, 6.07) is 15.3. The highest BCUT2D eigenvalue weighted by Gasteiger charge is 2.10. The third-order valence-electron chi connectivity index (χ3n) is 3.15. The Morgan fingerprint density at radius 1 is 1.00 bits per heavy atom. The van der Waals surface area contributed by atoms with Gasteiger partial charge in [0.25, 0.3) is 0 Å². The van der Waals surface area contributed by atoms with Crippen molar-refractivity contribution in [3.8, 4) is 0 Å². The fourth-order valence-electron chi connectivity index (χ4n) is 1.86. The van der Waals surface area contributed by atoms with Crippen molar-refractivity contribution in [3.05, 3.63) is 60.2 Å². The second-order valence-electron chi connectivity index (χ2n) is 4.72. The van der Waals surface area contributed by atoms with E-state index in [2.05, 4.69) is 10.6 Å². The SMILES string of the molecule is CCS(=O)(=O)c1ccc(CNC(=O)Nc2ccccc2)cc1. The van der Waals surface area contributed by atoms with E-state index in [0.29, 0.717) is 17.1 Å². The van der Waals surface area contributed by atoms with Gasteiger partial charge >= 0.3 is 6.03 Å². The first-order valence-corrected chi connectivity index (χ1v) is 8.58. The van der Waals surface area contributed by atoms with E-state index < -0.39 is 9.84 Å². The Bertz CT molecular complexity index is 726. The summed E-state index contributed by atoms with van der Waals surface area (Å²) in [6.45, 7) is 1.93. The fourth-order valence-corrected chi connectivity index (χ4v) is 2.74. The lowest BCUT2D eigenvalue weighted by Gasteiger charge is -2.08. The van der Waals surface area contributed by atoms with Gasteiger partial charge < -0.3 is 10.6 Å². The molecule has 0 aromatic heterocycles. The fraction of sp³-hybridized carbons (Fsp3) is 0.188. The van der Waals surface area contributed by atoms with E-state index in [1.165, 1.54) is 0 Å². The number of hydrogen-bond donors (Lipinski definition) is 2. The number of urea groups is 1. The van der Waals surface area contributed by atoms with Gasteiger partial charge in [-0.1, -0.05) is 37.3 Å². The van der Waals surface area contributed by atoms with E-state index in [1.807, 2.05) is 18.2 Å². The Morgan fingerprint density at radius 3 is 2.23 bits per heavy atom. The summed E-state index contributed by atoms with van der Waals surface area (Å²) in [5.74, 6) is 0.0735. The summed E-state index contributed by atoms with van der Waals surface area (Å²) in [4.78, 5) is 12.0. The van der Waals surface area contributed by atoms with Gasteiger partial charge in [0.2, 0.25) is 0 Å². The highest BCUT2D eigenvalue weighted by molar-refractivity contribution is 7.91. The third-order valence-corrected chi connectivity index (χ3v) is 4.90. The molecule has 0 spiro atoms. The largest absolute Gasteiger partial charge is 0.334 e. The van der Waals surface area contributed by atoms with E-state index in [9.17, 15) is 13.2 Å². The van der Waals surface area contributed by atoms with E-state index in [0.717, 1.165) is 5.56 Å². The van der Waals surface area contributed by atoms with Gasteiger partial charge in [-0.25, -0.2) is 13.2 Å². The van der Waals surface area contributed by atoms with Crippen molar-refractivity contribution >= 4 is 21.6 Å². The molecule has 0 atom stereocenters. The molecule has 2 N–H and O–H groups in total. The van der Waals surface area contributed by atoms with Crippen molar-refractivity contribution in [1.29, 1.82) is 0 Å². The smallest absolute Gasteiger partial charge is 0.319 e. The number of hydrogen-bond acceptors (Lipinski definition) is 3. The molecule has 2 amide bonds. The van der Waals surface area contributed by atoms with Crippen LogP contribution in [0.4, 0.5) is 10.5 Å². The maximum atomic E-state index is 11.7. The minimum Gasteiger partial charge on any atom is -0.334 e. The highest BCUT2D eigenvalue weighted by atomic mass is 32.2. The molecular formula is C16H18N2O3S. The second-order valence-corrected chi connectivity index (χ2v) is 7.00. The van der Waals surface area contributed by atoms with Crippen LogP contribution >= 0.6 is 0 Å². The van der Waals surface area contributed by atoms with Crippen LogP contribution in [0.5, 0.6) is 0 Å². The number of sulfone groups is 1. The Morgan fingerprint density at radius 2 is 1.64 bits per heavy atom. The predicted molar refractivity (Wildman–Crippen MR) is 86.5 cm³/mol. The van der Waals surface area contributed by atoms with Crippen LogP contribution in [0.25, 0.3) is 0 Å². The van der Waals surface area contributed by atoms with Crippen LogP contribution < -0.4 is 10.6 Å². The Hall–Kier alpha value is -2.34. The molecule has 0 bridgehead atoms. The van der Waals surface area contributed by atoms with Crippen molar-refractivity contribution in [1.82, 2.24) is 5.32 Å². The first-order chi connectivity index (χ1) is 10.5. The molecule has 0 heterocycles. The molecule has 0 aliphatic heterocycles. The van der Waals surface area contributed by atoms with Gasteiger partial charge in [-0.15, -0.1) is 0 Å². The van der Waals surface area contributed by atoms with Crippen LogP contribution in [-0.2, 0) is 16.4 Å². The molecule has 6 heteroatoms. The standard InChI is InChI=1S/C16H18N2O3S/c1-2-22(20,21)15-10-8-13(9-11-15)12-17-16(19)18-14-6-4-3-5-7-14/h3-11H,2,12H2,1H3,(H2,17,18,19). The van der Waals surface area contributed by atoms with Crippen molar-refractivity contribution < 1.29 is 13.2 Å². The minimum absolute atomic E-state index is 0.0735. The number of carbonyl (C=O) groups excluding carboxylic acids is 1. The number of amides is 2. The summed E-state index contributed by atoms with van der Waals surface area (Å²) in [6.07, 6.45) is 0. The maximum Gasteiger partial charge on any atom is 0.319 e. The number of rotatable bonds is 5. The van der Waals surface area contributed by atoms with Crippen LogP contribution in [0, 0.1) is 0 Å². The predicted octanol–water partition coefficient (Wildman–Crippen LogP) is 2.80. The average Bonchev–Trinajstić information content (AvgIpc) is 2.54. The van der Waals surface area contributed by atoms with Gasteiger partial charge in [0.05, 0.1) is 10.6 Å². The molecule has 2 rings (SSSR count). The van der Waals surface area contributed by atoms with E-state index >= 15 is 0 Å². The van der Waals surface area contributed by atoms with Crippen LogP contribution in [0.1, 0.15) is 12.5 Å². The molecule has 0 saturated carbocycles. The van der Waals surface area contributed by atoms with Gasteiger partial charge in [0.1, 0.15) is 0 Å². The first-order valence-electron chi connectivity index (χ1n) is 6.93. The van der Waals surface area contributed by atoms with Crippen molar-refractivity contribution in [2.75, 3.05) is 11.1 Å². The topological polar surface area (TPSA) is 75.3 Å². The molecule has 0 saturated heterocycles. The van der Waals surface area contributed by atoms with E-state index in [4.69, 9.17) is 0 Å². The molecule has 0 aliphatic rings. The molecule has 2 aromatic rings. The lowest BCUT2D eigenvalue weighted by atomic mass is 10.2. The van der Waals surface area contributed by atoms with Crippen LogP contribution in [-0.4, -0.2) is 20.2 Å². The zero-order valence-electron chi connectivity index (χ0n) is 12.2. The van der Waals surface area contributed by atoms with Crippen LogP contribution in [0.15, 0.2) is 59.5 Å². The second kappa shape index (κ2) is 7.09.